The van der Waals surface area contributed by atoms with Crippen LogP contribution in [0.15, 0.2) is 37.2 Å². The minimum Gasteiger partial charge on any atom is -0.383 e. The Hall–Kier alpha value is -1.61. The number of aromatic nitrogens is 2. The van der Waals surface area contributed by atoms with Gasteiger partial charge in [-0.05, 0) is 30.4 Å². The van der Waals surface area contributed by atoms with Crippen LogP contribution in [0.3, 0.4) is 0 Å². The van der Waals surface area contributed by atoms with E-state index in [4.69, 9.17) is 0 Å². The second-order valence-corrected chi connectivity index (χ2v) is 4.35. The predicted molar refractivity (Wildman–Crippen MR) is 62.3 cm³/mol. The fourth-order valence-corrected chi connectivity index (χ4v) is 1.95. The van der Waals surface area contributed by atoms with Crippen LogP contribution in [-0.4, -0.2) is 14.5 Å². The molecule has 82 valence electrons. The van der Waals surface area contributed by atoms with E-state index in [1.807, 2.05) is 16.7 Å². The van der Waals surface area contributed by atoms with Crippen LogP contribution in [0.4, 0.5) is 0 Å². The van der Waals surface area contributed by atoms with Crippen molar-refractivity contribution < 1.29 is 5.11 Å². The number of aliphatic hydroxyl groups excluding tert-OH is 1. The molecule has 1 saturated carbocycles. The Labute approximate surface area is 94.1 Å². The Balaban J connectivity index is 2.06. The average Bonchev–Trinajstić information content (AvgIpc) is 3.07. The maximum absolute atomic E-state index is 9.63. The highest BCUT2D eigenvalue weighted by Gasteiger charge is 2.23. The largest absolute Gasteiger partial charge is 0.383 e. The van der Waals surface area contributed by atoms with Gasteiger partial charge in [0.15, 0.2) is 0 Å². The first-order chi connectivity index (χ1) is 7.78. The van der Waals surface area contributed by atoms with Gasteiger partial charge in [-0.15, -0.1) is 6.58 Å². The molecule has 2 heterocycles. The monoisotopic (exact) mass is 214 g/mol. The van der Waals surface area contributed by atoms with Crippen LogP contribution >= 0.6 is 0 Å². The standard InChI is InChI=1S/C13H14N2O/c1-2-12(16)11-8-15-7-10(9-3-4-9)5-6-13(15)14-11/h2,5-9,12,16H,1,3-4H2. The SMILES string of the molecule is C=CC(O)c1cn2cc(C3CC3)ccc2n1. The molecule has 1 aliphatic rings. The summed E-state index contributed by atoms with van der Waals surface area (Å²) in [7, 11) is 0. The fraction of sp³-hybridized carbons (Fsp3) is 0.308. The Morgan fingerprint density at radius 2 is 2.25 bits per heavy atom. The fourth-order valence-electron chi connectivity index (χ4n) is 1.95. The van der Waals surface area contributed by atoms with E-state index in [9.17, 15) is 5.11 Å². The summed E-state index contributed by atoms with van der Waals surface area (Å²) in [6.07, 6.45) is 7.38. The van der Waals surface area contributed by atoms with Crippen LogP contribution in [0.5, 0.6) is 0 Å². The smallest absolute Gasteiger partial charge is 0.137 e. The van der Waals surface area contributed by atoms with Gasteiger partial charge in [-0.25, -0.2) is 4.98 Å². The van der Waals surface area contributed by atoms with Crippen LogP contribution < -0.4 is 0 Å². The highest BCUT2D eigenvalue weighted by atomic mass is 16.3. The molecule has 0 aromatic carbocycles. The van der Waals surface area contributed by atoms with Gasteiger partial charge in [0.25, 0.3) is 0 Å². The second kappa shape index (κ2) is 3.46. The summed E-state index contributed by atoms with van der Waals surface area (Å²) in [6.45, 7) is 3.56. The van der Waals surface area contributed by atoms with E-state index in [-0.39, 0.29) is 0 Å². The first-order valence-electron chi connectivity index (χ1n) is 5.57. The predicted octanol–water partition coefficient (Wildman–Crippen LogP) is 2.43. The van der Waals surface area contributed by atoms with E-state index in [0.717, 1.165) is 11.6 Å². The highest BCUT2D eigenvalue weighted by Crippen LogP contribution is 2.39. The molecule has 0 aliphatic heterocycles. The summed E-state index contributed by atoms with van der Waals surface area (Å²) in [5.74, 6) is 0.736. The van der Waals surface area contributed by atoms with E-state index >= 15 is 0 Å². The van der Waals surface area contributed by atoms with Crippen molar-refractivity contribution in [3.8, 4) is 0 Å². The summed E-state index contributed by atoms with van der Waals surface area (Å²) in [5.41, 5.74) is 2.90. The van der Waals surface area contributed by atoms with Crippen molar-refractivity contribution in [2.75, 3.05) is 0 Å². The Morgan fingerprint density at radius 1 is 1.44 bits per heavy atom. The molecule has 1 fully saturated rings. The van der Waals surface area contributed by atoms with E-state index in [0.29, 0.717) is 5.69 Å². The number of hydrogen-bond acceptors (Lipinski definition) is 2. The summed E-state index contributed by atoms with van der Waals surface area (Å²) in [4.78, 5) is 4.35. The lowest BCUT2D eigenvalue weighted by atomic mass is 10.2. The average molecular weight is 214 g/mol. The minimum atomic E-state index is -0.677. The molecule has 2 aromatic heterocycles. The molecule has 1 aliphatic carbocycles. The Bertz CT molecular complexity index is 540. The van der Waals surface area contributed by atoms with Crippen LogP contribution in [0.2, 0.25) is 0 Å². The van der Waals surface area contributed by atoms with Gasteiger partial charge in [-0.1, -0.05) is 12.1 Å². The van der Waals surface area contributed by atoms with Crippen LogP contribution in [0.25, 0.3) is 5.65 Å². The highest BCUT2D eigenvalue weighted by molar-refractivity contribution is 5.43. The molecule has 0 amide bonds. The van der Waals surface area contributed by atoms with Crippen molar-refractivity contribution in [2.24, 2.45) is 0 Å². The number of nitrogens with zero attached hydrogens (tertiary/aromatic N) is 2. The Morgan fingerprint density at radius 3 is 2.94 bits per heavy atom. The quantitative estimate of drug-likeness (QED) is 0.797. The van der Waals surface area contributed by atoms with Gasteiger partial charge in [-0.3, -0.25) is 0 Å². The summed E-state index contributed by atoms with van der Waals surface area (Å²) < 4.78 is 1.98. The maximum atomic E-state index is 9.63. The van der Waals surface area contributed by atoms with Crippen molar-refractivity contribution in [2.45, 2.75) is 24.9 Å². The first kappa shape index (κ1) is 9.60. The molecule has 1 atom stereocenters. The third-order valence-electron chi connectivity index (χ3n) is 3.07. The van der Waals surface area contributed by atoms with E-state index in [1.54, 1.807) is 0 Å². The van der Waals surface area contributed by atoms with Crippen molar-refractivity contribution in [1.82, 2.24) is 9.38 Å². The van der Waals surface area contributed by atoms with Crippen LogP contribution in [0.1, 0.15) is 36.1 Å². The normalized spacial score (nSPS) is 17.6. The molecule has 3 nitrogen and oxygen atoms in total. The molecular formula is C13H14N2O. The zero-order valence-electron chi connectivity index (χ0n) is 9.00. The van der Waals surface area contributed by atoms with Gasteiger partial charge in [0.2, 0.25) is 0 Å². The van der Waals surface area contributed by atoms with Crippen molar-refractivity contribution in [1.29, 1.82) is 0 Å². The summed E-state index contributed by atoms with van der Waals surface area (Å²) in [6, 6.07) is 4.14. The van der Waals surface area contributed by atoms with Crippen molar-refractivity contribution >= 4 is 5.65 Å². The van der Waals surface area contributed by atoms with E-state index < -0.39 is 6.10 Å². The van der Waals surface area contributed by atoms with E-state index in [1.165, 1.54) is 24.5 Å². The number of pyridine rings is 1. The number of imidazole rings is 1. The van der Waals surface area contributed by atoms with Crippen molar-refractivity contribution in [3.63, 3.8) is 0 Å². The van der Waals surface area contributed by atoms with Crippen molar-refractivity contribution in [3.05, 3.63) is 48.4 Å². The Kier molecular flexibility index (Phi) is 2.07. The lowest BCUT2D eigenvalue weighted by molar-refractivity contribution is 0.225. The number of aliphatic hydroxyl groups is 1. The lowest BCUT2D eigenvalue weighted by Crippen LogP contribution is -1.91. The summed E-state index contributed by atoms with van der Waals surface area (Å²) in [5, 5.41) is 9.63. The van der Waals surface area contributed by atoms with Gasteiger partial charge in [-0.2, -0.15) is 0 Å². The molecule has 16 heavy (non-hydrogen) atoms. The van der Waals surface area contributed by atoms with Gasteiger partial charge < -0.3 is 9.51 Å². The molecule has 3 rings (SSSR count). The molecule has 0 radical (unpaired) electrons. The van der Waals surface area contributed by atoms with Crippen LogP contribution in [0, 0.1) is 0 Å². The summed E-state index contributed by atoms with van der Waals surface area (Å²) >= 11 is 0. The zero-order chi connectivity index (χ0) is 11.1. The van der Waals surface area contributed by atoms with Crippen LogP contribution in [-0.2, 0) is 0 Å². The van der Waals surface area contributed by atoms with Gasteiger partial charge in [0.1, 0.15) is 11.8 Å². The molecule has 0 spiro atoms. The molecule has 0 saturated heterocycles. The third-order valence-corrected chi connectivity index (χ3v) is 3.07. The molecule has 1 N–H and O–H groups in total. The van der Waals surface area contributed by atoms with E-state index in [2.05, 4.69) is 23.8 Å². The minimum absolute atomic E-state index is 0.656. The third kappa shape index (κ3) is 1.53. The molecule has 3 heteroatoms. The topological polar surface area (TPSA) is 37.5 Å². The first-order valence-corrected chi connectivity index (χ1v) is 5.57. The second-order valence-electron chi connectivity index (χ2n) is 4.35. The molecule has 2 aromatic rings. The number of rotatable bonds is 3. The maximum Gasteiger partial charge on any atom is 0.137 e. The van der Waals surface area contributed by atoms with Gasteiger partial charge in [0.05, 0.1) is 5.69 Å². The van der Waals surface area contributed by atoms with Gasteiger partial charge >= 0.3 is 0 Å². The number of fused-ring (bicyclic) bond motifs is 1. The molecule has 1 unspecified atom stereocenters. The zero-order valence-corrected chi connectivity index (χ0v) is 9.00. The number of hydrogen-bond donors (Lipinski definition) is 1. The molecular weight excluding hydrogens is 200 g/mol. The lowest BCUT2D eigenvalue weighted by Gasteiger charge is -1.98. The molecule has 0 bridgehead atoms. The van der Waals surface area contributed by atoms with Gasteiger partial charge in [0, 0.05) is 12.4 Å².